The zero-order valence-electron chi connectivity index (χ0n) is 11.4. The summed E-state index contributed by atoms with van der Waals surface area (Å²) in [6, 6.07) is 0. The minimum Gasteiger partial charge on any atom is -0.229 e. The summed E-state index contributed by atoms with van der Waals surface area (Å²) in [6.07, 6.45) is 1.28. The fourth-order valence-corrected chi connectivity index (χ4v) is 6.48. The molecule has 0 amide bonds. The number of sulfone groups is 1. The second-order valence-corrected chi connectivity index (χ2v) is 11.0. The van der Waals surface area contributed by atoms with Gasteiger partial charge in [0.25, 0.3) is 0 Å². The molecule has 1 aliphatic heterocycles. The van der Waals surface area contributed by atoms with Crippen LogP contribution in [0.15, 0.2) is 0 Å². The Morgan fingerprint density at radius 2 is 1.79 bits per heavy atom. The van der Waals surface area contributed by atoms with Gasteiger partial charge in [0.15, 0.2) is 0 Å². The lowest BCUT2D eigenvalue weighted by Gasteiger charge is -2.27. The van der Waals surface area contributed by atoms with Crippen molar-refractivity contribution in [3.8, 4) is 0 Å². The minimum atomic E-state index is -3.41. The molecule has 1 fully saturated rings. The fourth-order valence-electron chi connectivity index (χ4n) is 1.94. The normalized spacial score (nSPS) is 21.4. The van der Waals surface area contributed by atoms with Crippen LogP contribution in [0, 0.1) is 5.41 Å². The maximum absolute atomic E-state index is 12.1. The van der Waals surface area contributed by atoms with Gasteiger partial charge in [-0.15, -0.1) is 0 Å². The molecule has 1 N–H and O–H groups in total. The number of alkyl halides is 1. The van der Waals surface area contributed by atoms with Gasteiger partial charge < -0.3 is 0 Å². The Kier molecular flexibility index (Phi) is 5.86. The molecule has 1 saturated heterocycles. The fraction of sp³-hybridized carbons (Fsp3) is 1.00. The van der Waals surface area contributed by atoms with E-state index in [0.717, 1.165) is 11.8 Å². The van der Waals surface area contributed by atoms with E-state index in [-0.39, 0.29) is 29.8 Å². The number of nitrogens with one attached hydrogen (secondary N) is 1. The second-order valence-electron chi connectivity index (χ2n) is 5.82. The van der Waals surface area contributed by atoms with Gasteiger partial charge >= 0.3 is 0 Å². The molecule has 0 atom stereocenters. The number of rotatable bonds is 6. The van der Waals surface area contributed by atoms with Gasteiger partial charge in [0, 0.05) is 11.9 Å². The first kappa shape index (κ1) is 17.4. The van der Waals surface area contributed by atoms with Gasteiger partial charge in [-0.2, -0.15) is 0 Å². The smallest absolute Gasteiger partial charge is 0.214 e. The Morgan fingerprint density at radius 1 is 1.26 bits per heavy atom. The maximum atomic E-state index is 12.1. The summed E-state index contributed by atoms with van der Waals surface area (Å²) in [4.78, 5) is 0. The average molecular weight is 376 g/mol. The summed E-state index contributed by atoms with van der Waals surface area (Å²) in [7, 11) is -6.44. The molecule has 1 rings (SSSR count). The monoisotopic (exact) mass is 375 g/mol. The lowest BCUT2D eigenvalue weighted by Crippen LogP contribution is -2.43. The zero-order valence-corrected chi connectivity index (χ0v) is 14.6. The quantitative estimate of drug-likeness (QED) is 0.709. The van der Waals surface area contributed by atoms with Gasteiger partial charge in [-0.3, -0.25) is 0 Å². The molecule has 0 spiro atoms. The summed E-state index contributed by atoms with van der Waals surface area (Å²) >= 11 is 3.35. The van der Waals surface area contributed by atoms with Crippen LogP contribution >= 0.6 is 15.9 Å². The topological polar surface area (TPSA) is 80.3 Å². The first-order valence-corrected chi connectivity index (χ1v) is 10.8. The summed E-state index contributed by atoms with van der Waals surface area (Å²) in [5.41, 5.74) is -0.114. The average Bonchev–Trinajstić information content (AvgIpc) is 2.26. The van der Waals surface area contributed by atoms with Crippen molar-refractivity contribution < 1.29 is 16.8 Å². The standard InChI is InChI=1S/C11H22BrNO4S2/c1-11(2,5-6-12)9-13-19(16,17)10-3-7-18(14,15)8-4-10/h10,13H,3-9H2,1-2H3. The van der Waals surface area contributed by atoms with Crippen LogP contribution < -0.4 is 4.72 Å². The van der Waals surface area contributed by atoms with Crippen LogP contribution in [0.3, 0.4) is 0 Å². The van der Waals surface area contributed by atoms with Gasteiger partial charge in [0.1, 0.15) is 9.84 Å². The largest absolute Gasteiger partial charge is 0.229 e. The highest BCUT2D eigenvalue weighted by atomic mass is 79.9. The molecule has 19 heavy (non-hydrogen) atoms. The van der Waals surface area contributed by atoms with E-state index in [1.807, 2.05) is 13.8 Å². The van der Waals surface area contributed by atoms with Gasteiger partial charge in [-0.25, -0.2) is 21.6 Å². The van der Waals surface area contributed by atoms with Crippen LogP contribution in [-0.2, 0) is 19.9 Å². The third-order valence-electron chi connectivity index (χ3n) is 3.46. The van der Waals surface area contributed by atoms with E-state index >= 15 is 0 Å². The van der Waals surface area contributed by atoms with E-state index in [2.05, 4.69) is 20.7 Å². The predicted octanol–water partition coefficient (Wildman–Crippen LogP) is 1.29. The maximum Gasteiger partial charge on any atom is 0.214 e. The molecule has 0 aliphatic carbocycles. The van der Waals surface area contributed by atoms with Crippen molar-refractivity contribution in [2.24, 2.45) is 5.41 Å². The highest BCUT2D eigenvalue weighted by Crippen LogP contribution is 2.23. The van der Waals surface area contributed by atoms with Crippen molar-refractivity contribution in [1.82, 2.24) is 4.72 Å². The van der Waals surface area contributed by atoms with E-state index in [0.29, 0.717) is 6.54 Å². The Hall–Kier alpha value is 0.340. The van der Waals surface area contributed by atoms with Crippen LogP contribution in [-0.4, -0.2) is 45.5 Å². The third-order valence-corrected chi connectivity index (χ3v) is 7.47. The molecular formula is C11H22BrNO4S2. The number of hydrogen-bond acceptors (Lipinski definition) is 4. The number of hydrogen-bond donors (Lipinski definition) is 1. The molecule has 0 aromatic heterocycles. The van der Waals surface area contributed by atoms with Crippen LogP contribution in [0.2, 0.25) is 0 Å². The van der Waals surface area contributed by atoms with Gasteiger partial charge in [0.05, 0.1) is 16.8 Å². The molecule has 0 aromatic carbocycles. The predicted molar refractivity (Wildman–Crippen MR) is 80.8 cm³/mol. The van der Waals surface area contributed by atoms with Crippen LogP contribution in [0.1, 0.15) is 33.1 Å². The van der Waals surface area contributed by atoms with Crippen LogP contribution in [0.4, 0.5) is 0 Å². The Bertz CT molecular complexity index is 485. The molecule has 0 bridgehead atoms. The van der Waals surface area contributed by atoms with Crippen molar-refractivity contribution in [3.63, 3.8) is 0 Å². The highest BCUT2D eigenvalue weighted by molar-refractivity contribution is 9.09. The Balaban J connectivity index is 2.58. The molecule has 8 heteroatoms. The van der Waals surface area contributed by atoms with E-state index in [1.165, 1.54) is 0 Å². The molecular weight excluding hydrogens is 354 g/mol. The SMILES string of the molecule is CC(C)(CCBr)CNS(=O)(=O)C1CCS(=O)(=O)CC1. The molecule has 0 unspecified atom stereocenters. The summed E-state index contributed by atoms with van der Waals surface area (Å²) in [5, 5.41) is 0.249. The first-order valence-electron chi connectivity index (χ1n) is 6.33. The molecule has 114 valence electrons. The van der Waals surface area contributed by atoms with E-state index in [9.17, 15) is 16.8 Å². The van der Waals surface area contributed by atoms with Gasteiger partial charge in [-0.05, 0) is 24.7 Å². The lowest BCUT2D eigenvalue weighted by atomic mass is 9.91. The summed E-state index contributed by atoms with van der Waals surface area (Å²) in [5.74, 6) is -0.0489. The summed E-state index contributed by atoms with van der Waals surface area (Å²) in [6.45, 7) is 4.38. The number of halogens is 1. The highest BCUT2D eigenvalue weighted by Gasteiger charge is 2.33. The molecule has 0 radical (unpaired) electrons. The van der Waals surface area contributed by atoms with Crippen molar-refractivity contribution in [1.29, 1.82) is 0 Å². The number of sulfonamides is 1. The van der Waals surface area contributed by atoms with E-state index in [1.54, 1.807) is 0 Å². The molecule has 1 heterocycles. The van der Waals surface area contributed by atoms with Crippen molar-refractivity contribution in [3.05, 3.63) is 0 Å². The van der Waals surface area contributed by atoms with Crippen molar-refractivity contribution in [2.45, 2.75) is 38.4 Å². The van der Waals surface area contributed by atoms with E-state index in [4.69, 9.17) is 0 Å². The zero-order chi connectivity index (χ0) is 14.7. The third kappa shape index (κ3) is 5.69. The first-order chi connectivity index (χ1) is 8.58. The molecule has 0 saturated carbocycles. The van der Waals surface area contributed by atoms with Crippen LogP contribution in [0.5, 0.6) is 0 Å². The van der Waals surface area contributed by atoms with Gasteiger partial charge in [0.2, 0.25) is 10.0 Å². The van der Waals surface area contributed by atoms with E-state index < -0.39 is 25.1 Å². The van der Waals surface area contributed by atoms with Crippen molar-refractivity contribution in [2.75, 3.05) is 23.4 Å². The van der Waals surface area contributed by atoms with Crippen molar-refractivity contribution >= 4 is 35.8 Å². The van der Waals surface area contributed by atoms with Crippen LogP contribution in [0.25, 0.3) is 0 Å². The lowest BCUT2D eigenvalue weighted by molar-refractivity contribution is 0.353. The molecule has 1 aliphatic rings. The molecule has 0 aromatic rings. The molecule has 5 nitrogen and oxygen atoms in total. The summed E-state index contributed by atoms with van der Waals surface area (Å²) < 4.78 is 49.5. The second kappa shape index (κ2) is 6.41. The minimum absolute atomic E-state index is 0.0244. The Morgan fingerprint density at radius 3 is 2.26 bits per heavy atom. The Labute approximate surface area is 124 Å². The van der Waals surface area contributed by atoms with Gasteiger partial charge in [-0.1, -0.05) is 29.8 Å².